The fraction of sp³-hybridized carbons (Fsp3) is 0.417. The molecule has 0 spiro atoms. The number of aliphatic hydroxyl groups excluding tert-OH is 1. The lowest BCUT2D eigenvalue weighted by atomic mass is 10.0. The molecule has 2 N–H and O–H groups in total. The quantitative estimate of drug-likeness (QED) is 0.567. The molecule has 8 nitrogen and oxygen atoms in total. The van der Waals surface area contributed by atoms with Crippen molar-refractivity contribution in [3.63, 3.8) is 0 Å². The van der Waals surface area contributed by atoms with Crippen LogP contribution in [0, 0.1) is 0 Å². The minimum absolute atomic E-state index is 0.0909. The van der Waals surface area contributed by atoms with Gasteiger partial charge in [-0.2, -0.15) is 0 Å². The molecule has 0 aliphatic rings. The highest BCUT2D eigenvalue weighted by molar-refractivity contribution is 5.82. The number of hydrogen-bond acceptors (Lipinski definition) is 7. The van der Waals surface area contributed by atoms with Crippen molar-refractivity contribution in [1.82, 2.24) is 5.32 Å². The van der Waals surface area contributed by atoms with Gasteiger partial charge in [-0.3, -0.25) is 0 Å². The van der Waals surface area contributed by atoms with Crippen molar-refractivity contribution in [2.45, 2.75) is 52.0 Å². The molecule has 0 fully saturated rings. The molecule has 0 unspecified atom stereocenters. The molecular weight excluding hydrogens is 414 g/mol. The highest BCUT2D eigenvalue weighted by Crippen LogP contribution is 2.32. The van der Waals surface area contributed by atoms with E-state index in [0.717, 1.165) is 5.56 Å². The van der Waals surface area contributed by atoms with Gasteiger partial charge in [0, 0.05) is 0 Å². The second kappa shape index (κ2) is 11.4. The number of aliphatic hydroxyl groups is 1. The van der Waals surface area contributed by atoms with Gasteiger partial charge in [0.2, 0.25) is 0 Å². The first-order valence-corrected chi connectivity index (χ1v) is 10.3. The molecule has 0 aromatic heterocycles. The molecule has 1 amide bonds. The normalized spacial score (nSPS) is 12.9. The van der Waals surface area contributed by atoms with Crippen LogP contribution in [-0.4, -0.2) is 42.5 Å². The van der Waals surface area contributed by atoms with E-state index in [1.54, 1.807) is 45.9 Å². The molecule has 8 heteroatoms. The first-order valence-electron chi connectivity index (χ1n) is 10.3. The Labute approximate surface area is 188 Å². The molecule has 2 atom stereocenters. The number of amides is 1. The summed E-state index contributed by atoms with van der Waals surface area (Å²) >= 11 is 0. The van der Waals surface area contributed by atoms with Gasteiger partial charge in [0.15, 0.2) is 17.5 Å². The molecule has 0 aliphatic heterocycles. The van der Waals surface area contributed by atoms with Gasteiger partial charge in [-0.15, -0.1) is 0 Å². The van der Waals surface area contributed by atoms with E-state index in [9.17, 15) is 14.7 Å². The molecule has 32 heavy (non-hydrogen) atoms. The number of ether oxygens (including phenoxy) is 4. The summed E-state index contributed by atoms with van der Waals surface area (Å²) in [4.78, 5) is 24.6. The van der Waals surface area contributed by atoms with Crippen molar-refractivity contribution in [2.75, 3.05) is 13.7 Å². The summed E-state index contributed by atoms with van der Waals surface area (Å²) in [5, 5.41) is 13.3. The van der Waals surface area contributed by atoms with Gasteiger partial charge in [-0.1, -0.05) is 36.4 Å². The number of benzene rings is 2. The summed E-state index contributed by atoms with van der Waals surface area (Å²) in [6.45, 7) is 7.15. The molecule has 0 aliphatic carbocycles. The summed E-state index contributed by atoms with van der Waals surface area (Å²) < 4.78 is 21.4. The predicted molar refractivity (Wildman–Crippen MR) is 119 cm³/mol. The fourth-order valence-corrected chi connectivity index (χ4v) is 2.85. The van der Waals surface area contributed by atoms with Crippen LogP contribution in [0.1, 0.15) is 44.9 Å². The predicted octanol–water partition coefficient (Wildman–Crippen LogP) is 3.76. The van der Waals surface area contributed by atoms with Gasteiger partial charge in [0.1, 0.15) is 18.3 Å². The van der Waals surface area contributed by atoms with Gasteiger partial charge in [0.25, 0.3) is 0 Å². The molecule has 2 aromatic carbocycles. The van der Waals surface area contributed by atoms with E-state index in [2.05, 4.69) is 5.32 Å². The second-order valence-electron chi connectivity index (χ2n) is 8.01. The summed E-state index contributed by atoms with van der Waals surface area (Å²) in [6, 6.07) is 13.1. The average molecular weight is 446 g/mol. The zero-order valence-corrected chi connectivity index (χ0v) is 19.1. The van der Waals surface area contributed by atoms with Crippen LogP contribution in [0.15, 0.2) is 48.5 Å². The smallest absolute Gasteiger partial charge is 0.408 e. The molecule has 0 saturated carbocycles. The number of nitrogens with one attached hydrogen (secondary N) is 1. The molecule has 0 bridgehead atoms. The topological polar surface area (TPSA) is 103 Å². The zero-order chi connectivity index (χ0) is 23.7. The highest BCUT2D eigenvalue weighted by Gasteiger charge is 2.33. The SMILES string of the molecule is CCOC(=O)[C@H](NC(=O)OC(C)(C)C)[C@@H](O)c1ccc(OCc2ccccc2)c(OC)c1. The lowest BCUT2D eigenvalue weighted by Crippen LogP contribution is -2.47. The van der Waals surface area contributed by atoms with Crippen LogP contribution in [0.4, 0.5) is 4.79 Å². The van der Waals surface area contributed by atoms with Crippen LogP contribution < -0.4 is 14.8 Å². The number of methoxy groups -OCH3 is 1. The molecule has 2 rings (SSSR count). The number of alkyl carbamates (subject to hydrolysis) is 1. The van der Waals surface area contributed by atoms with Crippen LogP contribution in [0.5, 0.6) is 11.5 Å². The summed E-state index contributed by atoms with van der Waals surface area (Å²) in [7, 11) is 1.47. The Morgan fingerprint density at radius 3 is 2.34 bits per heavy atom. The third-order valence-corrected chi connectivity index (χ3v) is 4.29. The maximum atomic E-state index is 12.4. The molecule has 2 aromatic rings. The first-order chi connectivity index (χ1) is 15.1. The summed E-state index contributed by atoms with van der Waals surface area (Å²) in [5.74, 6) is 0.0617. The zero-order valence-electron chi connectivity index (χ0n) is 19.1. The average Bonchev–Trinajstić information content (AvgIpc) is 2.75. The van der Waals surface area contributed by atoms with E-state index in [1.807, 2.05) is 30.3 Å². The lowest BCUT2D eigenvalue weighted by Gasteiger charge is -2.26. The maximum Gasteiger partial charge on any atom is 0.408 e. The Morgan fingerprint density at radius 2 is 1.75 bits per heavy atom. The van der Waals surface area contributed by atoms with Crippen LogP contribution in [-0.2, 0) is 20.9 Å². The third kappa shape index (κ3) is 7.46. The highest BCUT2D eigenvalue weighted by atomic mass is 16.6. The second-order valence-corrected chi connectivity index (χ2v) is 8.01. The van der Waals surface area contributed by atoms with Crippen LogP contribution >= 0.6 is 0 Å². The largest absolute Gasteiger partial charge is 0.493 e. The number of carbonyl (C=O) groups excluding carboxylic acids is 2. The van der Waals surface area contributed by atoms with Crippen molar-refractivity contribution in [2.24, 2.45) is 0 Å². The number of carbonyl (C=O) groups is 2. The lowest BCUT2D eigenvalue weighted by molar-refractivity contribution is -0.148. The van der Waals surface area contributed by atoms with Crippen molar-refractivity contribution < 1.29 is 33.6 Å². The van der Waals surface area contributed by atoms with Crippen LogP contribution in [0.2, 0.25) is 0 Å². The molecule has 0 heterocycles. The number of rotatable bonds is 9. The maximum absolute atomic E-state index is 12.4. The van der Waals surface area contributed by atoms with E-state index in [0.29, 0.717) is 23.7 Å². The molecule has 174 valence electrons. The summed E-state index contributed by atoms with van der Waals surface area (Å²) in [5.41, 5.74) is 0.556. The van der Waals surface area contributed by atoms with E-state index in [1.165, 1.54) is 7.11 Å². The van der Waals surface area contributed by atoms with Gasteiger partial charge in [-0.05, 0) is 51.0 Å². The molecule has 0 radical (unpaired) electrons. The van der Waals surface area contributed by atoms with Gasteiger partial charge >= 0.3 is 12.1 Å². The Kier molecular flexibility index (Phi) is 8.90. The van der Waals surface area contributed by atoms with Crippen LogP contribution in [0.25, 0.3) is 0 Å². The van der Waals surface area contributed by atoms with Gasteiger partial charge in [-0.25, -0.2) is 9.59 Å². The monoisotopic (exact) mass is 445 g/mol. The van der Waals surface area contributed by atoms with Crippen molar-refractivity contribution in [3.05, 3.63) is 59.7 Å². The van der Waals surface area contributed by atoms with Crippen molar-refractivity contribution in [3.8, 4) is 11.5 Å². The fourth-order valence-electron chi connectivity index (χ4n) is 2.85. The standard InChI is InChI=1S/C24H31NO7/c1-6-30-22(27)20(25-23(28)32-24(2,3)4)21(26)17-12-13-18(19(14-17)29-5)31-15-16-10-8-7-9-11-16/h7-14,20-21,26H,6,15H2,1-5H3,(H,25,28)/t20-,21+/m1/s1. The van der Waals surface area contributed by atoms with Gasteiger partial charge in [0.05, 0.1) is 13.7 Å². The Bertz CT molecular complexity index is 893. The number of esters is 1. The first kappa shape index (κ1) is 25.0. The summed E-state index contributed by atoms with van der Waals surface area (Å²) in [6.07, 6.45) is -2.25. The van der Waals surface area contributed by atoms with E-state index in [-0.39, 0.29) is 6.61 Å². The Hall–Kier alpha value is -3.26. The number of hydrogen-bond donors (Lipinski definition) is 2. The third-order valence-electron chi connectivity index (χ3n) is 4.29. The van der Waals surface area contributed by atoms with E-state index >= 15 is 0 Å². The Morgan fingerprint density at radius 1 is 1.06 bits per heavy atom. The van der Waals surface area contributed by atoms with Crippen molar-refractivity contribution in [1.29, 1.82) is 0 Å². The minimum atomic E-state index is -1.40. The van der Waals surface area contributed by atoms with E-state index in [4.69, 9.17) is 18.9 Å². The van der Waals surface area contributed by atoms with E-state index < -0.39 is 29.8 Å². The molecular formula is C24H31NO7. The molecule has 0 saturated heterocycles. The Balaban J connectivity index is 2.21. The van der Waals surface area contributed by atoms with Crippen molar-refractivity contribution >= 4 is 12.1 Å². The minimum Gasteiger partial charge on any atom is -0.493 e. The van der Waals surface area contributed by atoms with Crippen LogP contribution in [0.3, 0.4) is 0 Å². The van der Waals surface area contributed by atoms with Gasteiger partial charge < -0.3 is 29.4 Å².